The average Bonchev–Trinajstić information content (AvgIpc) is 3.10. The van der Waals surface area contributed by atoms with Crippen molar-refractivity contribution in [2.45, 2.75) is 9.92 Å². The number of rotatable bonds is 5. The van der Waals surface area contributed by atoms with Gasteiger partial charge in [0, 0.05) is 17.3 Å². The van der Waals surface area contributed by atoms with Crippen LogP contribution in [-0.2, 0) is 9.84 Å². The summed E-state index contributed by atoms with van der Waals surface area (Å²) in [6.07, 6.45) is 0. The number of nitrogens with two attached hydrogens (primary N) is 1. The third kappa shape index (κ3) is 2.71. The van der Waals surface area contributed by atoms with Crippen LogP contribution < -0.4 is 10.5 Å². The summed E-state index contributed by atoms with van der Waals surface area (Å²) in [5, 5.41) is 8.90. The molecule has 1 heterocycles. The van der Waals surface area contributed by atoms with Gasteiger partial charge in [-0.3, -0.25) is 5.10 Å². The van der Waals surface area contributed by atoms with Crippen LogP contribution in [0.15, 0.2) is 70.6 Å². The molecule has 132 valence electrons. The molecule has 0 fully saturated rings. The molecular formula is C19H17N3O3S. The van der Waals surface area contributed by atoms with Crippen molar-refractivity contribution in [3.8, 4) is 5.75 Å². The van der Waals surface area contributed by atoms with Crippen LogP contribution in [0.25, 0.3) is 21.7 Å². The Balaban J connectivity index is 1.90. The molecule has 0 aliphatic carbocycles. The summed E-state index contributed by atoms with van der Waals surface area (Å²) in [5.74, 6) is 0.554. The minimum absolute atomic E-state index is 0.0575. The third-order valence-electron chi connectivity index (χ3n) is 4.18. The van der Waals surface area contributed by atoms with Crippen molar-refractivity contribution in [3.05, 3.63) is 60.7 Å². The summed E-state index contributed by atoms with van der Waals surface area (Å²) in [4.78, 5) is 0.245. The Labute approximate surface area is 150 Å². The molecule has 0 amide bonds. The van der Waals surface area contributed by atoms with E-state index in [2.05, 4.69) is 10.2 Å². The van der Waals surface area contributed by atoms with E-state index in [1.807, 2.05) is 24.3 Å². The lowest BCUT2D eigenvalue weighted by Gasteiger charge is -2.08. The maximum Gasteiger partial charge on any atom is 0.224 e. The van der Waals surface area contributed by atoms with Crippen LogP contribution in [0.4, 0.5) is 0 Å². The molecule has 1 aromatic heterocycles. The van der Waals surface area contributed by atoms with E-state index in [-0.39, 0.29) is 9.92 Å². The first kappa shape index (κ1) is 16.6. The smallest absolute Gasteiger partial charge is 0.224 e. The lowest BCUT2D eigenvalue weighted by atomic mass is 10.1. The molecule has 26 heavy (non-hydrogen) atoms. The van der Waals surface area contributed by atoms with E-state index in [0.29, 0.717) is 35.2 Å². The van der Waals surface area contributed by atoms with Crippen LogP contribution >= 0.6 is 0 Å². The molecule has 4 rings (SSSR count). The molecule has 6 nitrogen and oxygen atoms in total. The van der Waals surface area contributed by atoms with Gasteiger partial charge in [-0.05, 0) is 29.7 Å². The number of hydrogen-bond acceptors (Lipinski definition) is 5. The van der Waals surface area contributed by atoms with Gasteiger partial charge in [0.15, 0.2) is 5.03 Å². The van der Waals surface area contributed by atoms with E-state index < -0.39 is 9.84 Å². The first-order chi connectivity index (χ1) is 12.6. The van der Waals surface area contributed by atoms with Crippen LogP contribution in [0.3, 0.4) is 0 Å². The van der Waals surface area contributed by atoms with Gasteiger partial charge in [-0.1, -0.05) is 36.4 Å². The monoisotopic (exact) mass is 367 g/mol. The molecular weight excluding hydrogens is 350 g/mol. The van der Waals surface area contributed by atoms with E-state index in [1.165, 1.54) is 0 Å². The summed E-state index contributed by atoms with van der Waals surface area (Å²) < 4.78 is 32.1. The van der Waals surface area contributed by atoms with E-state index in [9.17, 15) is 8.42 Å². The van der Waals surface area contributed by atoms with Gasteiger partial charge < -0.3 is 10.5 Å². The Kier molecular flexibility index (Phi) is 4.10. The van der Waals surface area contributed by atoms with E-state index in [4.69, 9.17) is 10.5 Å². The second-order valence-electron chi connectivity index (χ2n) is 5.85. The van der Waals surface area contributed by atoms with Gasteiger partial charge in [0.1, 0.15) is 12.4 Å². The SMILES string of the molecule is NCCOc1ccc2n[nH]c(S(=O)(=O)c3cccc4ccccc34)c2c1. The minimum Gasteiger partial charge on any atom is -0.492 e. The van der Waals surface area contributed by atoms with Crippen molar-refractivity contribution in [2.24, 2.45) is 5.73 Å². The normalized spacial score (nSPS) is 11.9. The zero-order chi connectivity index (χ0) is 18.1. The number of aromatic amines is 1. The van der Waals surface area contributed by atoms with Crippen molar-refractivity contribution in [2.75, 3.05) is 13.2 Å². The highest BCUT2D eigenvalue weighted by Gasteiger charge is 2.25. The molecule has 0 spiro atoms. The lowest BCUT2D eigenvalue weighted by Crippen LogP contribution is -2.10. The molecule has 3 N–H and O–H groups in total. The summed E-state index contributed by atoms with van der Waals surface area (Å²) >= 11 is 0. The number of hydrogen-bond donors (Lipinski definition) is 2. The van der Waals surface area contributed by atoms with Gasteiger partial charge >= 0.3 is 0 Å². The number of H-pyrrole nitrogens is 1. The molecule has 0 radical (unpaired) electrons. The Bertz CT molecular complexity index is 1190. The number of nitrogens with one attached hydrogen (secondary N) is 1. The molecule has 0 aliphatic heterocycles. The fourth-order valence-electron chi connectivity index (χ4n) is 2.98. The maximum absolute atomic E-state index is 13.3. The van der Waals surface area contributed by atoms with Gasteiger partial charge in [-0.15, -0.1) is 0 Å². The highest BCUT2D eigenvalue weighted by molar-refractivity contribution is 7.91. The molecule has 0 atom stereocenters. The number of sulfone groups is 1. The zero-order valence-corrected chi connectivity index (χ0v) is 14.7. The summed E-state index contributed by atoms with van der Waals surface area (Å²) in [6.45, 7) is 0.735. The topological polar surface area (TPSA) is 98.1 Å². The van der Waals surface area contributed by atoms with Crippen molar-refractivity contribution < 1.29 is 13.2 Å². The second kappa shape index (κ2) is 6.44. The molecule has 4 aromatic rings. The first-order valence-electron chi connectivity index (χ1n) is 8.15. The van der Waals surface area contributed by atoms with Crippen LogP contribution in [0.1, 0.15) is 0 Å². The first-order valence-corrected chi connectivity index (χ1v) is 9.63. The molecule has 7 heteroatoms. The fourth-order valence-corrected chi connectivity index (χ4v) is 4.55. The molecule has 0 unspecified atom stereocenters. The van der Waals surface area contributed by atoms with Gasteiger partial charge in [-0.25, -0.2) is 8.42 Å². The summed E-state index contributed by atoms with van der Waals surface area (Å²) in [5.41, 5.74) is 6.02. The van der Waals surface area contributed by atoms with Crippen LogP contribution in [0.5, 0.6) is 5.75 Å². The largest absolute Gasteiger partial charge is 0.492 e. The van der Waals surface area contributed by atoms with Gasteiger partial charge in [0.25, 0.3) is 0 Å². The predicted octanol–water partition coefficient (Wildman–Crippen LogP) is 2.89. The Hall–Kier alpha value is -2.90. The Morgan fingerprint density at radius 2 is 1.81 bits per heavy atom. The fraction of sp³-hybridized carbons (Fsp3) is 0.105. The number of ether oxygens (including phenoxy) is 1. The van der Waals surface area contributed by atoms with Crippen LogP contribution in [0.2, 0.25) is 0 Å². The molecule has 0 saturated carbocycles. The van der Waals surface area contributed by atoms with E-state index in [1.54, 1.807) is 36.4 Å². The molecule has 0 aliphatic rings. The Morgan fingerprint density at radius 1 is 1.00 bits per heavy atom. The standard InChI is InChI=1S/C19H17N3O3S/c20-10-11-25-14-8-9-17-16(12-14)19(22-21-17)26(23,24)18-7-3-5-13-4-1-2-6-15(13)18/h1-9,12H,10-11,20H2,(H,21,22). The molecule has 0 saturated heterocycles. The lowest BCUT2D eigenvalue weighted by molar-refractivity contribution is 0.329. The van der Waals surface area contributed by atoms with Crippen molar-refractivity contribution in [3.63, 3.8) is 0 Å². The number of fused-ring (bicyclic) bond motifs is 2. The van der Waals surface area contributed by atoms with Crippen molar-refractivity contribution >= 4 is 31.5 Å². The van der Waals surface area contributed by atoms with Crippen molar-refractivity contribution in [1.29, 1.82) is 0 Å². The highest BCUT2D eigenvalue weighted by Crippen LogP contribution is 2.32. The Morgan fingerprint density at radius 3 is 2.65 bits per heavy atom. The summed E-state index contributed by atoms with van der Waals surface area (Å²) in [7, 11) is -3.78. The second-order valence-corrected chi connectivity index (χ2v) is 7.70. The predicted molar refractivity (Wildman–Crippen MR) is 100 cm³/mol. The van der Waals surface area contributed by atoms with E-state index >= 15 is 0 Å². The van der Waals surface area contributed by atoms with Crippen LogP contribution in [0, 0.1) is 0 Å². The highest BCUT2D eigenvalue weighted by atomic mass is 32.2. The molecule has 3 aromatic carbocycles. The number of benzene rings is 3. The molecule has 0 bridgehead atoms. The maximum atomic E-state index is 13.3. The number of nitrogens with zero attached hydrogens (tertiary/aromatic N) is 1. The summed E-state index contributed by atoms with van der Waals surface area (Å²) in [6, 6.07) is 17.8. The zero-order valence-electron chi connectivity index (χ0n) is 13.8. The third-order valence-corrected chi connectivity index (χ3v) is 5.97. The van der Waals surface area contributed by atoms with Gasteiger partial charge in [0.05, 0.1) is 10.4 Å². The van der Waals surface area contributed by atoms with E-state index in [0.717, 1.165) is 5.39 Å². The average molecular weight is 367 g/mol. The van der Waals surface area contributed by atoms with Gasteiger partial charge in [0.2, 0.25) is 9.84 Å². The van der Waals surface area contributed by atoms with Crippen molar-refractivity contribution in [1.82, 2.24) is 10.2 Å². The van der Waals surface area contributed by atoms with Crippen LogP contribution in [-0.4, -0.2) is 31.8 Å². The quantitative estimate of drug-likeness (QED) is 0.565. The van der Waals surface area contributed by atoms with Gasteiger partial charge in [-0.2, -0.15) is 5.10 Å². The number of aromatic nitrogens is 2. The minimum atomic E-state index is -3.78.